The van der Waals surface area contributed by atoms with E-state index in [9.17, 15) is 0 Å². The average molecular weight is 993 g/mol. The lowest BCUT2D eigenvalue weighted by Gasteiger charge is -2.47. The van der Waals surface area contributed by atoms with E-state index in [0.717, 1.165) is 43.3 Å². The van der Waals surface area contributed by atoms with Crippen LogP contribution in [0, 0.1) is 6.92 Å². The maximum absolute atomic E-state index is 7.82. The normalized spacial score (nSPS) is 20.2. The van der Waals surface area contributed by atoms with Crippen LogP contribution in [0.2, 0.25) is 0 Å². The van der Waals surface area contributed by atoms with Crippen LogP contribution in [-0.2, 0) is 43.3 Å². The molecular formula is C71H85BN2O. The molecule has 3 nitrogen and oxygen atoms in total. The topological polar surface area (TPSA) is 19.6 Å². The van der Waals surface area contributed by atoms with Crippen LogP contribution in [0.15, 0.2) is 101 Å². The molecule has 0 radical (unpaired) electrons. The van der Waals surface area contributed by atoms with Gasteiger partial charge in [0.25, 0.3) is 6.71 Å². The Bertz CT molecular complexity index is 3540. The van der Waals surface area contributed by atoms with Crippen molar-refractivity contribution < 1.29 is 4.42 Å². The SMILES string of the molecule is Cc1cc2c(cc1N1c3cc(C(C)(C)C)cc4c3B(c3cc(C(C)(C)C)ccc3N4c3cc4c(cc3-c3ccccc3)C(C)(C)CCC4(C)C)c3oc4cc5c(cc4c31)C(C)(C)CCC5(C)C)C(C)(C)CCC2(C)C. The Labute approximate surface area is 452 Å². The maximum atomic E-state index is 7.82. The van der Waals surface area contributed by atoms with Gasteiger partial charge in [-0.2, -0.15) is 0 Å². The number of fused-ring (bicyclic) bond motifs is 9. The number of benzene rings is 6. The van der Waals surface area contributed by atoms with E-state index in [2.05, 4.69) is 238 Å². The number of aryl methyl sites for hydroxylation is 1. The fraction of sp³-hybridized carbons (Fsp3) is 0.465. The van der Waals surface area contributed by atoms with Crippen molar-refractivity contribution in [2.24, 2.45) is 0 Å². The molecule has 1 aromatic heterocycles. The van der Waals surface area contributed by atoms with E-state index < -0.39 is 0 Å². The molecule has 3 aliphatic carbocycles. The van der Waals surface area contributed by atoms with Crippen LogP contribution in [0.25, 0.3) is 22.1 Å². The summed E-state index contributed by atoms with van der Waals surface area (Å²) in [6.45, 7) is 46.2. The monoisotopic (exact) mass is 993 g/mol. The summed E-state index contributed by atoms with van der Waals surface area (Å²) in [5.41, 5.74) is 27.5. The molecule has 0 saturated carbocycles. The molecule has 0 N–H and O–H groups in total. The highest BCUT2D eigenvalue weighted by Gasteiger charge is 2.50. The second-order valence-electron chi connectivity index (χ2n) is 30.3. The molecule has 0 atom stereocenters. The summed E-state index contributed by atoms with van der Waals surface area (Å²) in [4.78, 5) is 5.44. The molecule has 388 valence electrons. The highest BCUT2D eigenvalue weighted by atomic mass is 16.3. The summed E-state index contributed by atoms with van der Waals surface area (Å²) in [5, 5.41) is 1.22. The first-order valence-electron chi connectivity index (χ1n) is 28.8. The number of furan rings is 1. The van der Waals surface area contributed by atoms with Gasteiger partial charge in [-0.15, -0.1) is 0 Å². The Balaban J connectivity index is 1.27. The van der Waals surface area contributed by atoms with E-state index in [1.165, 1.54) is 118 Å². The number of rotatable bonds is 3. The van der Waals surface area contributed by atoms with E-state index in [1.807, 2.05) is 0 Å². The van der Waals surface area contributed by atoms with Crippen LogP contribution >= 0.6 is 0 Å². The van der Waals surface area contributed by atoms with Gasteiger partial charge in [0.05, 0.1) is 17.0 Å². The molecule has 0 unspecified atom stereocenters. The van der Waals surface area contributed by atoms with Crippen LogP contribution in [0.5, 0.6) is 0 Å². The van der Waals surface area contributed by atoms with Crippen LogP contribution in [0.3, 0.4) is 0 Å². The zero-order valence-electron chi connectivity index (χ0n) is 49.4. The predicted octanol–water partition coefficient (Wildman–Crippen LogP) is 18.1. The van der Waals surface area contributed by atoms with Gasteiger partial charge in [0.15, 0.2) is 0 Å². The summed E-state index contributed by atoms with van der Waals surface area (Å²) in [5.74, 6) is 0. The Kier molecular flexibility index (Phi) is 10.6. The van der Waals surface area contributed by atoms with Gasteiger partial charge >= 0.3 is 0 Å². The Morgan fingerprint density at radius 2 is 0.907 bits per heavy atom. The van der Waals surface area contributed by atoms with E-state index >= 15 is 0 Å². The van der Waals surface area contributed by atoms with E-state index in [-0.39, 0.29) is 50.0 Å². The number of hydrogen-bond donors (Lipinski definition) is 0. The van der Waals surface area contributed by atoms with Crippen molar-refractivity contribution in [3.05, 3.63) is 147 Å². The van der Waals surface area contributed by atoms with Gasteiger partial charge in [0.1, 0.15) is 5.58 Å². The third-order valence-corrected chi connectivity index (χ3v) is 20.1. The molecule has 12 rings (SSSR count). The van der Waals surface area contributed by atoms with Gasteiger partial charge in [0.2, 0.25) is 0 Å². The average Bonchev–Trinajstić information content (AvgIpc) is 3.75. The molecule has 0 spiro atoms. The molecule has 3 heterocycles. The van der Waals surface area contributed by atoms with Crippen molar-refractivity contribution in [3.8, 4) is 11.1 Å². The largest absolute Gasteiger partial charge is 0.468 e. The van der Waals surface area contributed by atoms with E-state index in [4.69, 9.17) is 4.42 Å². The first-order chi connectivity index (χ1) is 34.8. The summed E-state index contributed by atoms with van der Waals surface area (Å²) >= 11 is 0. The molecule has 5 aliphatic rings. The quantitative estimate of drug-likeness (QED) is 0.165. The highest BCUT2D eigenvalue weighted by Crippen LogP contribution is 2.57. The molecule has 6 aromatic carbocycles. The van der Waals surface area contributed by atoms with Crippen LogP contribution in [-0.4, -0.2) is 6.71 Å². The summed E-state index contributed by atoms with van der Waals surface area (Å²) < 4.78 is 7.82. The molecule has 0 saturated heterocycles. The molecular weight excluding hydrogens is 908 g/mol. The lowest BCUT2D eigenvalue weighted by Crippen LogP contribution is -2.61. The lowest BCUT2D eigenvalue weighted by molar-refractivity contribution is 0.332. The van der Waals surface area contributed by atoms with E-state index in [0.29, 0.717) is 0 Å². The summed E-state index contributed by atoms with van der Waals surface area (Å²) in [6.07, 6.45) is 6.96. The van der Waals surface area contributed by atoms with E-state index in [1.54, 1.807) is 0 Å². The lowest BCUT2D eigenvalue weighted by atomic mass is 9.35. The molecule has 75 heavy (non-hydrogen) atoms. The first-order valence-corrected chi connectivity index (χ1v) is 28.8. The van der Waals surface area contributed by atoms with Gasteiger partial charge in [-0.3, -0.25) is 0 Å². The van der Waals surface area contributed by atoms with Crippen LogP contribution in [0.4, 0.5) is 34.1 Å². The van der Waals surface area contributed by atoms with Gasteiger partial charge in [-0.1, -0.05) is 173 Å². The third kappa shape index (κ3) is 7.54. The van der Waals surface area contributed by atoms with Crippen molar-refractivity contribution in [3.63, 3.8) is 0 Å². The second-order valence-corrected chi connectivity index (χ2v) is 30.3. The highest BCUT2D eigenvalue weighted by molar-refractivity contribution is 7.00. The minimum absolute atomic E-state index is 0.00728. The minimum atomic E-state index is -0.163. The number of nitrogens with zero attached hydrogens (tertiary/aromatic N) is 2. The van der Waals surface area contributed by atoms with Crippen molar-refractivity contribution in [1.82, 2.24) is 0 Å². The Hall–Kier alpha value is -5.48. The number of anilines is 6. The minimum Gasteiger partial charge on any atom is -0.468 e. The summed E-state index contributed by atoms with van der Waals surface area (Å²) in [7, 11) is 0. The van der Waals surface area contributed by atoms with Gasteiger partial charge in [-0.05, 0) is 204 Å². The third-order valence-electron chi connectivity index (χ3n) is 20.1. The molecule has 0 bridgehead atoms. The Morgan fingerprint density at radius 1 is 0.440 bits per heavy atom. The van der Waals surface area contributed by atoms with Crippen molar-refractivity contribution in [2.45, 2.75) is 213 Å². The smallest absolute Gasteiger partial charge is 0.297 e. The van der Waals surface area contributed by atoms with Gasteiger partial charge < -0.3 is 14.2 Å². The number of hydrogen-bond acceptors (Lipinski definition) is 3. The van der Waals surface area contributed by atoms with Crippen molar-refractivity contribution in [1.29, 1.82) is 0 Å². The molecule has 2 aliphatic heterocycles. The second kappa shape index (κ2) is 15.8. The molecule has 0 fully saturated rings. The van der Waals surface area contributed by atoms with Gasteiger partial charge in [0, 0.05) is 33.7 Å². The maximum Gasteiger partial charge on any atom is 0.297 e. The fourth-order valence-corrected chi connectivity index (χ4v) is 14.5. The zero-order valence-corrected chi connectivity index (χ0v) is 49.4. The van der Waals surface area contributed by atoms with Crippen LogP contribution in [0.1, 0.15) is 213 Å². The molecule has 7 aromatic rings. The molecule has 0 amide bonds. The van der Waals surface area contributed by atoms with Crippen LogP contribution < -0.4 is 26.4 Å². The fourth-order valence-electron chi connectivity index (χ4n) is 14.5. The zero-order chi connectivity index (χ0) is 53.7. The standard InChI is InChI=1S/C71H85BN2O/c1-42-33-48-51(69(14,15)30-27-66(48,8)9)39-56(42)74-59-36-45(65(5,6)7)35-58-61(59)72(63-62(74)47-38-50-53(41-60(47)75-63)71(18,19)32-29-68(50,12)13)54-34-44(64(2,3)4)25-26-55(54)73(58)57-40-52-49(67(10,11)28-31-70(52,16)17)37-46(57)43-23-21-20-22-24-43/h20-26,33-41H,27-32H2,1-19H3. The first kappa shape index (κ1) is 50.3. The Morgan fingerprint density at radius 3 is 1.44 bits per heavy atom. The van der Waals surface area contributed by atoms with Gasteiger partial charge in [-0.25, -0.2) is 0 Å². The predicted molar refractivity (Wildman–Crippen MR) is 324 cm³/mol. The van der Waals surface area contributed by atoms with Crippen molar-refractivity contribution in [2.75, 3.05) is 9.80 Å². The van der Waals surface area contributed by atoms with Crippen molar-refractivity contribution >= 4 is 68.4 Å². The molecule has 4 heteroatoms. The summed E-state index contributed by atoms with van der Waals surface area (Å²) in [6, 6.07) is 39.4.